The Bertz CT molecular complexity index is 991. The summed E-state index contributed by atoms with van der Waals surface area (Å²) in [5.74, 6) is 0.659. The molecule has 0 aromatic heterocycles. The molecule has 0 bridgehead atoms. The van der Waals surface area contributed by atoms with Crippen molar-refractivity contribution in [1.29, 1.82) is 0 Å². The lowest BCUT2D eigenvalue weighted by Crippen LogP contribution is -2.38. The van der Waals surface area contributed by atoms with Crippen LogP contribution in [0.4, 0.5) is 0 Å². The van der Waals surface area contributed by atoms with Gasteiger partial charge in [-0.2, -0.15) is 0 Å². The number of hydrogen-bond donors (Lipinski definition) is 0. The summed E-state index contributed by atoms with van der Waals surface area (Å²) >= 11 is 1.87. The molecule has 1 aliphatic rings. The van der Waals surface area contributed by atoms with Crippen molar-refractivity contribution in [3.63, 3.8) is 0 Å². The third-order valence-corrected chi connectivity index (χ3v) is 6.98. The third kappa shape index (κ3) is 4.56. The molecule has 0 unspecified atom stereocenters. The monoisotopic (exact) mass is 401 g/mol. The van der Waals surface area contributed by atoms with Crippen molar-refractivity contribution in [2.45, 2.75) is 42.4 Å². The number of nitrogens with zero attached hydrogens (tertiary/aromatic N) is 1. The number of amides is 1. The number of likely N-dealkylation sites (tertiary alicyclic amines) is 1. The molecule has 2 nitrogen and oxygen atoms in total. The van der Waals surface area contributed by atoms with Crippen LogP contribution in [0.3, 0.4) is 0 Å². The highest BCUT2D eigenvalue weighted by Crippen LogP contribution is 2.39. The average Bonchev–Trinajstić information content (AvgIpc) is 2.76. The lowest BCUT2D eigenvalue weighted by Gasteiger charge is -2.33. The highest BCUT2D eigenvalue weighted by Gasteiger charge is 2.26. The predicted octanol–water partition coefficient (Wildman–Crippen LogP) is 6.47. The fourth-order valence-electron chi connectivity index (χ4n) is 4.10. The molecule has 0 saturated carbocycles. The van der Waals surface area contributed by atoms with Crippen molar-refractivity contribution in [3.05, 3.63) is 95.1 Å². The highest BCUT2D eigenvalue weighted by atomic mass is 32.2. The fraction of sp³-hybridized carbons (Fsp3) is 0.269. The van der Waals surface area contributed by atoms with Crippen molar-refractivity contribution in [1.82, 2.24) is 4.90 Å². The van der Waals surface area contributed by atoms with E-state index < -0.39 is 0 Å². The van der Waals surface area contributed by atoms with E-state index in [0.29, 0.717) is 5.92 Å². The number of hydrogen-bond acceptors (Lipinski definition) is 2. The maximum absolute atomic E-state index is 12.7. The molecule has 1 fully saturated rings. The number of benzene rings is 3. The fourth-order valence-corrected chi connectivity index (χ4v) is 5.19. The van der Waals surface area contributed by atoms with E-state index >= 15 is 0 Å². The topological polar surface area (TPSA) is 20.3 Å². The second kappa shape index (κ2) is 8.87. The molecule has 4 rings (SSSR count). The molecular weight excluding hydrogens is 374 g/mol. The lowest BCUT2D eigenvalue weighted by molar-refractivity contribution is 0.0712. The second-order valence-electron chi connectivity index (χ2n) is 7.84. The van der Waals surface area contributed by atoms with Crippen LogP contribution in [0.5, 0.6) is 0 Å². The predicted molar refractivity (Wildman–Crippen MR) is 121 cm³/mol. The minimum absolute atomic E-state index is 0.155. The van der Waals surface area contributed by atoms with Crippen molar-refractivity contribution in [2.24, 2.45) is 0 Å². The van der Waals surface area contributed by atoms with Gasteiger partial charge in [0, 0.05) is 28.4 Å². The van der Waals surface area contributed by atoms with Crippen molar-refractivity contribution in [2.75, 3.05) is 13.1 Å². The maximum atomic E-state index is 12.7. The standard InChI is InChI=1S/C26H27NOS/c1-19-12-13-24(20(2)18-19)29-25-11-7-6-10-23(25)21-14-16-27(17-15-21)26(28)22-8-4-3-5-9-22/h3-13,18,21H,14-17H2,1-2H3. The molecule has 148 valence electrons. The summed E-state index contributed by atoms with van der Waals surface area (Å²) in [6, 6.07) is 25.1. The van der Waals surface area contributed by atoms with Crippen LogP contribution in [0.1, 0.15) is 45.8 Å². The summed E-state index contributed by atoms with van der Waals surface area (Å²) < 4.78 is 0. The van der Waals surface area contributed by atoms with Gasteiger partial charge in [0.25, 0.3) is 5.91 Å². The third-order valence-electron chi connectivity index (χ3n) is 5.71. The molecular formula is C26H27NOS. The van der Waals surface area contributed by atoms with E-state index in [9.17, 15) is 4.79 Å². The van der Waals surface area contributed by atoms with Crippen LogP contribution in [-0.2, 0) is 0 Å². The van der Waals surface area contributed by atoms with Crippen LogP contribution in [0, 0.1) is 13.8 Å². The zero-order valence-electron chi connectivity index (χ0n) is 17.1. The van der Waals surface area contributed by atoms with Crippen molar-refractivity contribution >= 4 is 17.7 Å². The number of piperidine rings is 1. The number of rotatable bonds is 4. The largest absolute Gasteiger partial charge is 0.339 e. The first-order chi connectivity index (χ1) is 14.1. The molecule has 1 heterocycles. The van der Waals surface area contributed by atoms with Crippen molar-refractivity contribution in [3.8, 4) is 0 Å². The van der Waals surface area contributed by atoms with E-state index in [0.717, 1.165) is 31.5 Å². The van der Waals surface area contributed by atoms with Gasteiger partial charge in [-0.25, -0.2) is 0 Å². The Morgan fingerprint density at radius 2 is 1.55 bits per heavy atom. The maximum Gasteiger partial charge on any atom is 0.253 e. The van der Waals surface area contributed by atoms with Gasteiger partial charge >= 0.3 is 0 Å². The average molecular weight is 402 g/mol. The van der Waals surface area contributed by atoms with Gasteiger partial charge in [-0.15, -0.1) is 0 Å². The SMILES string of the molecule is Cc1ccc(Sc2ccccc2C2CCN(C(=O)c3ccccc3)CC2)c(C)c1. The van der Waals surface area contributed by atoms with Crippen LogP contribution in [-0.4, -0.2) is 23.9 Å². The van der Waals surface area contributed by atoms with Crippen LogP contribution in [0.25, 0.3) is 0 Å². The number of carbonyl (C=O) groups is 1. The minimum Gasteiger partial charge on any atom is -0.339 e. The first-order valence-corrected chi connectivity index (χ1v) is 11.1. The Hall–Kier alpha value is -2.52. The second-order valence-corrected chi connectivity index (χ2v) is 8.93. The van der Waals surface area contributed by atoms with Crippen LogP contribution >= 0.6 is 11.8 Å². The molecule has 1 saturated heterocycles. The van der Waals surface area contributed by atoms with Crippen molar-refractivity contribution < 1.29 is 4.79 Å². The molecule has 1 amide bonds. The Kier molecular flexibility index (Phi) is 6.05. The summed E-state index contributed by atoms with van der Waals surface area (Å²) in [5, 5.41) is 0. The molecule has 3 aromatic rings. The summed E-state index contributed by atoms with van der Waals surface area (Å²) in [4.78, 5) is 17.4. The van der Waals surface area contributed by atoms with Gasteiger partial charge in [-0.3, -0.25) is 4.79 Å². The Morgan fingerprint density at radius 1 is 0.862 bits per heavy atom. The van der Waals surface area contributed by atoms with Gasteiger partial charge in [-0.05, 0) is 68.0 Å². The van der Waals surface area contributed by atoms with Gasteiger partial charge in [-0.1, -0.05) is 65.9 Å². The molecule has 0 radical (unpaired) electrons. The van der Waals surface area contributed by atoms with E-state index in [4.69, 9.17) is 0 Å². The number of carbonyl (C=O) groups excluding carboxylic acids is 1. The van der Waals surface area contributed by atoms with Gasteiger partial charge in [0.05, 0.1) is 0 Å². The van der Waals surface area contributed by atoms with E-state index in [-0.39, 0.29) is 5.91 Å². The van der Waals surface area contributed by atoms with Gasteiger partial charge in [0.2, 0.25) is 0 Å². The minimum atomic E-state index is 0.155. The molecule has 29 heavy (non-hydrogen) atoms. The van der Waals surface area contributed by atoms with Gasteiger partial charge < -0.3 is 4.90 Å². The van der Waals surface area contributed by atoms with Crippen LogP contribution < -0.4 is 0 Å². The summed E-state index contributed by atoms with van der Waals surface area (Å²) in [7, 11) is 0. The van der Waals surface area contributed by atoms with Crippen LogP contribution in [0.15, 0.2) is 82.6 Å². The lowest BCUT2D eigenvalue weighted by atomic mass is 9.89. The molecule has 0 aliphatic carbocycles. The zero-order chi connectivity index (χ0) is 20.2. The van der Waals surface area contributed by atoms with E-state index in [2.05, 4.69) is 56.3 Å². The highest BCUT2D eigenvalue weighted by molar-refractivity contribution is 7.99. The van der Waals surface area contributed by atoms with E-state index in [1.54, 1.807) is 0 Å². The zero-order valence-corrected chi connectivity index (χ0v) is 17.9. The quantitative estimate of drug-likeness (QED) is 0.499. The van der Waals surface area contributed by atoms with Crippen LogP contribution in [0.2, 0.25) is 0 Å². The first kappa shape index (κ1) is 19.8. The van der Waals surface area contributed by atoms with E-state index in [1.807, 2.05) is 47.0 Å². The smallest absolute Gasteiger partial charge is 0.253 e. The van der Waals surface area contributed by atoms with E-state index in [1.165, 1.54) is 26.5 Å². The first-order valence-electron chi connectivity index (χ1n) is 10.3. The molecule has 1 aliphatic heterocycles. The van der Waals surface area contributed by atoms with Gasteiger partial charge in [0.1, 0.15) is 0 Å². The molecule has 0 spiro atoms. The Balaban J connectivity index is 1.47. The normalized spacial score (nSPS) is 14.8. The summed E-state index contributed by atoms with van der Waals surface area (Å²) in [6.07, 6.45) is 2.03. The Morgan fingerprint density at radius 3 is 2.28 bits per heavy atom. The molecule has 0 N–H and O–H groups in total. The summed E-state index contributed by atoms with van der Waals surface area (Å²) in [6.45, 7) is 5.97. The molecule has 3 heteroatoms. The molecule has 3 aromatic carbocycles. The summed E-state index contributed by atoms with van der Waals surface area (Å²) in [5.41, 5.74) is 4.84. The Labute approximate surface area is 178 Å². The number of aryl methyl sites for hydroxylation is 2. The molecule has 0 atom stereocenters. The van der Waals surface area contributed by atoms with Gasteiger partial charge in [0.15, 0.2) is 0 Å².